The van der Waals surface area contributed by atoms with Crippen LogP contribution in [0.2, 0.25) is 0 Å². The second-order valence-corrected chi connectivity index (χ2v) is 5.01. The molecule has 5 heteroatoms. The van der Waals surface area contributed by atoms with Gasteiger partial charge in [0.2, 0.25) is 0 Å². The van der Waals surface area contributed by atoms with Crippen molar-refractivity contribution in [3.05, 3.63) is 53.6 Å². The van der Waals surface area contributed by atoms with E-state index in [1.54, 1.807) is 18.2 Å². The summed E-state index contributed by atoms with van der Waals surface area (Å²) in [6, 6.07) is 12.6. The van der Waals surface area contributed by atoms with E-state index in [0.29, 0.717) is 17.1 Å². The van der Waals surface area contributed by atoms with E-state index in [0.717, 1.165) is 17.5 Å². The predicted octanol–water partition coefficient (Wildman–Crippen LogP) is 2.72. The minimum absolute atomic E-state index is 0.417. The molecule has 22 heavy (non-hydrogen) atoms. The highest BCUT2D eigenvalue weighted by atomic mass is 16.2. The van der Waals surface area contributed by atoms with E-state index in [1.807, 2.05) is 38.1 Å². The van der Waals surface area contributed by atoms with E-state index in [4.69, 9.17) is 5.73 Å². The van der Waals surface area contributed by atoms with Crippen LogP contribution in [0.1, 0.15) is 18.1 Å². The molecule has 0 saturated carbocycles. The molecule has 0 saturated heterocycles. The van der Waals surface area contributed by atoms with Crippen LogP contribution in [0.4, 0.5) is 17.1 Å². The summed E-state index contributed by atoms with van der Waals surface area (Å²) < 4.78 is 0. The molecule has 0 spiro atoms. The average molecular weight is 297 g/mol. The summed E-state index contributed by atoms with van der Waals surface area (Å²) in [4.78, 5) is 24.0. The fourth-order valence-corrected chi connectivity index (χ4v) is 2.09. The number of anilines is 3. The van der Waals surface area contributed by atoms with Gasteiger partial charge in [-0.3, -0.25) is 9.59 Å². The predicted molar refractivity (Wildman–Crippen MR) is 88.7 cm³/mol. The summed E-state index contributed by atoms with van der Waals surface area (Å²) in [5.74, 6) is -1.47. The molecule has 2 amide bonds. The van der Waals surface area contributed by atoms with Crippen LogP contribution in [0.3, 0.4) is 0 Å². The number of para-hydroxylation sites is 1. The second-order valence-electron chi connectivity index (χ2n) is 5.01. The summed E-state index contributed by atoms with van der Waals surface area (Å²) in [5.41, 5.74) is 9.20. The molecule has 114 valence electrons. The van der Waals surface area contributed by atoms with Gasteiger partial charge in [-0.2, -0.15) is 0 Å². The van der Waals surface area contributed by atoms with Crippen molar-refractivity contribution < 1.29 is 9.59 Å². The van der Waals surface area contributed by atoms with Crippen LogP contribution >= 0.6 is 0 Å². The highest BCUT2D eigenvalue weighted by Crippen LogP contribution is 2.20. The number of amides is 2. The first-order valence-electron chi connectivity index (χ1n) is 7.07. The third kappa shape index (κ3) is 3.63. The number of benzene rings is 2. The Bertz CT molecular complexity index is 711. The highest BCUT2D eigenvalue weighted by Gasteiger charge is 2.16. The first-order valence-corrected chi connectivity index (χ1v) is 7.07. The topological polar surface area (TPSA) is 84.2 Å². The van der Waals surface area contributed by atoms with Gasteiger partial charge in [-0.1, -0.05) is 31.2 Å². The van der Waals surface area contributed by atoms with E-state index in [2.05, 4.69) is 10.6 Å². The second kappa shape index (κ2) is 6.76. The summed E-state index contributed by atoms with van der Waals surface area (Å²) in [6.07, 6.45) is 0.767. The van der Waals surface area contributed by atoms with Crippen LogP contribution in [0.5, 0.6) is 0 Å². The van der Waals surface area contributed by atoms with Gasteiger partial charge in [0.1, 0.15) is 0 Å². The van der Waals surface area contributed by atoms with E-state index < -0.39 is 11.8 Å². The van der Waals surface area contributed by atoms with Crippen molar-refractivity contribution in [2.24, 2.45) is 0 Å². The summed E-state index contributed by atoms with van der Waals surface area (Å²) in [7, 11) is 0. The van der Waals surface area contributed by atoms with Gasteiger partial charge in [-0.25, -0.2) is 0 Å². The number of hydrogen-bond donors (Lipinski definition) is 3. The number of carbonyl (C=O) groups is 2. The smallest absolute Gasteiger partial charge is 0.314 e. The Morgan fingerprint density at radius 1 is 1.00 bits per heavy atom. The lowest BCUT2D eigenvalue weighted by Crippen LogP contribution is -2.29. The van der Waals surface area contributed by atoms with E-state index in [-0.39, 0.29) is 0 Å². The largest absolute Gasteiger partial charge is 0.397 e. The van der Waals surface area contributed by atoms with Crippen molar-refractivity contribution in [2.75, 3.05) is 16.4 Å². The molecule has 0 fully saturated rings. The lowest BCUT2D eigenvalue weighted by atomic mass is 10.1. The van der Waals surface area contributed by atoms with Crippen LogP contribution in [0.25, 0.3) is 0 Å². The molecule has 0 unspecified atom stereocenters. The monoisotopic (exact) mass is 297 g/mol. The van der Waals surface area contributed by atoms with Crippen LogP contribution in [-0.2, 0) is 16.0 Å². The molecule has 0 aliphatic rings. The van der Waals surface area contributed by atoms with Gasteiger partial charge in [0.25, 0.3) is 0 Å². The Labute approximate surface area is 129 Å². The maximum absolute atomic E-state index is 12.0. The van der Waals surface area contributed by atoms with Crippen molar-refractivity contribution in [1.29, 1.82) is 0 Å². The maximum Gasteiger partial charge on any atom is 0.314 e. The fraction of sp³-hybridized carbons (Fsp3) is 0.176. The fourth-order valence-electron chi connectivity index (χ4n) is 2.09. The molecule has 2 aromatic carbocycles. The Balaban J connectivity index is 2.09. The molecule has 0 aliphatic heterocycles. The molecule has 0 heterocycles. The van der Waals surface area contributed by atoms with Gasteiger partial charge in [0.05, 0.1) is 11.4 Å². The zero-order valence-corrected chi connectivity index (χ0v) is 12.6. The number of rotatable bonds is 3. The number of nitrogen functional groups attached to an aromatic ring is 1. The van der Waals surface area contributed by atoms with Crippen LogP contribution in [0.15, 0.2) is 42.5 Å². The molecule has 0 atom stereocenters. The van der Waals surface area contributed by atoms with Crippen LogP contribution in [-0.4, -0.2) is 11.8 Å². The number of nitrogens with two attached hydrogens (primary N) is 1. The minimum Gasteiger partial charge on any atom is -0.397 e. The van der Waals surface area contributed by atoms with Crippen LogP contribution < -0.4 is 16.4 Å². The lowest BCUT2D eigenvalue weighted by Gasteiger charge is -2.11. The summed E-state index contributed by atoms with van der Waals surface area (Å²) in [5, 5.41) is 5.16. The van der Waals surface area contributed by atoms with E-state index in [9.17, 15) is 9.59 Å². The number of nitrogens with one attached hydrogen (secondary N) is 2. The molecule has 2 rings (SSSR count). The normalized spacial score (nSPS) is 10.1. The molecule has 5 nitrogen and oxygen atoms in total. The maximum atomic E-state index is 12.0. The zero-order valence-electron chi connectivity index (χ0n) is 12.6. The standard InChI is InChI=1S/C17H19N3O2/c1-3-12-6-4-5-7-14(12)19-16(21)17(22)20-15-10-11(2)8-9-13(15)18/h4-10H,3,18H2,1-2H3,(H,19,21)(H,20,22). The molecule has 0 radical (unpaired) electrons. The molecular weight excluding hydrogens is 278 g/mol. The first-order chi connectivity index (χ1) is 10.5. The van der Waals surface area contributed by atoms with Crippen molar-refractivity contribution in [3.8, 4) is 0 Å². The lowest BCUT2D eigenvalue weighted by molar-refractivity contribution is -0.132. The molecule has 2 aromatic rings. The number of hydrogen-bond acceptors (Lipinski definition) is 3. The SMILES string of the molecule is CCc1ccccc1NC(=O)C(=O)Nc1cc(C)ccc1N. The van der Waals surface area contributed by atoms with Gasteiger partial charge in [-0.15, -0.1) is 0 Å². The van der Waals surface area contributed by atoms with Gasteiger partial charge in [-0.05, 0) is 42.7 Å². The van der Waals surface area contributed by atoms with Crippen LogP contribution in [0, 0.1) is 6.92 Å². The Morgan fingerprint density at radius 3 is 2.32 bits per heavy atom. The van der Waals surface area contributed by atoms with Crippen molar-refractivity contribution >= 4 is 28.9 Å². The number of aryl methyl sites for hydroxylation is 2. The van der Waals surface area contributed by atoms with Gasteiger partial charge < -0.3 is 16.4 Å². The van der Waals surface area contributed by atoms with Gasteiger partial charge in [0.15, 0.2) is 0 Å². The summed E-state index contributed by atoms with van der Waals surface area (Å²) in [6.45, 7) is 3.87. The van der Waals surface area contributed by atoms with Gasteiger partial charge in [0, 0.05) is 5.69 Å². The third-order valence-corrected chi connectivity index (χ3v) is 3.31. The quantitative estimate of drug-likeness (QED) is 0.601. The highest BCUT2D eigenvalue weighted by molar-refractivity contribution is 6.44. The molecular formula is C17H19N3O2. The molecule has 0 aliphatic carbocycles. The van der Waals surface area contributed by atoms with Crippen molar-refractivity contribution in [3.63, 3.8) is 0 Å². The molecule has 0 bridgehead atoms. The van der Waals surface area contributed by atoms with E-state index in [1.165, 1.54) is 0 Å². The Hall–Kier alpha value is -2.82. The summed E-state index contributed by atoms with van der Waals surface area (Å²) >= 11 is 0. The Kier molecular flexibility index (Phi) is 4.78. The minimum atomic E-state index is -0.747. The zero-order chi connectivity index (χ0) is 16.1. The molecule has 4 N–H and O–H groups in total. The van der Waals surface area contributed by atoms with Gasteiger partial charge >= 0.3 is 11.8 Å². The van der Waals surface area contributed by atoms with E-state index >= 15 is 0 Å². The number of carbonyl (C=O) groups excluding carboxylic acids is 2. The van der Waals surface area contributed by atoms with Crippen molar-refractivity contribution in [2.45, 2.75) is 20.3 Å². The Morgan fingerprint density at radius 2 is 1.64 bits per heavy atom. The first kappa shape index (κ1) is 15.6. The molecule has 0 aromatic heterocycles. The van der Waals surface area contributed by atoms with Crippen molar-refractivity contribution in [1.82, 2.24) is 0 Å². The average Bonchev–Trinajstić information content (AvgIpc) is 2.51. The third-order valence-electron chi connectivity index (χ3n) is 3.31.